The van der Waals surface area contributed by atoms with Gasteiger partial charge in [0.05, 0.1) is 0 Å². The highest BCUT2D eigenvalue weighted by molar-refractivity contribution is 5.24. The van der Waals surface area contributed by atoms with Crippen molar-refractivity contribution in [2.45, 2.75) is 44.7 Å². The summed E-state index contributed by atoms with van der Waals surface area (Å²) in [5.41, 5.74) is 5.92. The van der Waals surface area contributed by atoms with Crippen molar-refractivity contribution in [2.75, 3.05) is 13.6 Å². The van der Waals surface area contributed by atoms with E-state index in [-0.39, 0.29) is 12.1 Å². The van der Waals surface area contributed by atoms with Crippen molar-refractivity contribution in [3.8, 4) is 0 Å². The standard InChI is InChI=1S/C16H23F3N2/c1-10-4-3-5-11(6-10)21(2)16(9-20)12-7-14(18)15(19)8-13(12)17/h7-8,10-11,16H,3-6,9,20H2,1-2H3. The summed E-state index contributed by atoms with van der Waals surface area (Å²) in [5, 5.41) is 0. The van der Waals surface area contributed by atoms with E-state index in [4.69, 9.17) is 5.73 Å². The van der Waals surface area contributed by atoms with E-state index in [0.29, 0.717) is 18.0 Å². The highest BCUT2D eigenvalue weighted by Crippen LogP contribution is 2.32. The van der Waals surface area contributed by atoms with E-state index in [1.54, 1.807) is 0 Å². The lowest BCUT2D eigenvalue weighted by molar-refractivity contribution is 0.119. The number of rotatable bonds is 4. The number of likely N-dealkylation sites (N-methyl/N-ethyl adjacent to an activating group) is 1. The molecule has 118 valence electrons. The Bertz CT molecular complexity index is 493. The Morgan fingerprint density at radius 2 is 1.86 bits per heavy atom. The summed E-state index contributed by atoms with van der Waals surface area (Å²) in [4.78, 5) is 2.02. The molecule has 0 heterocycles. The van der Waals surface area contributed by atoms with Gasteiger partial charge in [-0.3, -0.25) is 4.90 Å². The maximum atomic E-state index is 14.0. The molecule has 2 rings (SSSR count). The summed E-state index contributed by atoms with van der Waals surface area (Å²) in [5.74, 6) is -2.31. The van der Waals surface area contributed by atoms with E-state index in [1.807, 2.05) is 11.9 Å². The van der Waals surface area contributed by atoms with Gasteiger partial charge in [-0.25, -0.2) is 13.2 Å². The van der Waals surface area contributed by atoms with Crippen molar-refractivity contribution in [3.63, 3.8) is 0 Å². The van der Waals surface area contributed by atoms with Gasteiger partial charge in [0.1, 0.15) is 5.82 Å². The molecule has 1 aromatic carbocycles. The minimum atomic E-state index is -1.17. The van der Waals surface area contributed by atoms with Crippen LogP contribution in [0.2, 0.25) is 0 Å². The van der Waals surface area contributed by atoms with Gasteiger partial charge in [0.25, 0.3) is 0 Å². The van der Waals surface area contributed by atoms with E-state index in [0.717, 1.165) is 25.3 Å². The molecule has 3 atom stereocenters. The zero-order chi connectivity index (χ0) is 15.6. The molecule has 0 spiro atoms. The SMILES string of the molecule is CC1CCCC(N(C)C(CN)c2cc(F)c(F)cc2F)C1. The predicted molar refractivity (Wildman–Crippen MR) is 77.3 cm³/mol. The summed E-state index contributed by atoms with van der Waals surface area (Å²) in [6, 6.07) is 1.40. The average Bonchev–Trinajstić information content (AvgIpc) is 2.45. The molecule has 0 radical (unpaired) electrons. The van der Waals surface area contributed by atoms with E-state index >= 15 is 0 Å². The van der Waals surface area contributed by atoms with Gasteiger partial charge >= 0.3 is 0 Å². The molecule has 5 heteroatoms. The Morgan fingerprint density at radius 1 is 1.19 bits per heavy atom. The normalized spacial score (nSPS) is 24.3. The molecule has 0 aromatic heterocycles. The fourth-order valence-electron chi connectivity index (χ4n) is 3.33. The molecule has 0 saturated heterocycles. The van der Waals surface area contributed by atoms with Crippen LogP contribution >= 0.6 is 0 Å². The minimum Gasteiger partial charge on any atom is -0.329 e. The highest BCUT2D eigenvalue weighted by Gasteiger charge is 2.29. The molecule has 1 aromatic rings. The molecule has 21 heavy (non-hydrogen) atoms. The Labute approximate surface area is 124 Å². The van der Waals surface area contributed by atoms with Crippen LogP contribution in [0.15, 0.2) is 12.1 Å². The van der Waals surface area contributed by atoms with Crippen LogP contribution in [-0.2, 0) is 0 Å². The van der Waals surface area contributed by atoms with Crippen molar-refractivity contribution in [1.29, 1.82) is 0 Å². The van der Waals surface area contributed by atoms with Crippen molar-refractivity contribution in [2.24, 2.45) is 11.7 Å². The fourth-order valence-corrected chi connectivity index (χ4v) is 3.33. The predicted octanol–water partition coefficient (Wildman–Crippen LogP) is 3.61. The van der Waals surface area contributed by atoms with Gasteiger partial charge in [0.2, 0.25) is 0 Å². The van der Waals surface area contributed by atoms with Crippen LogP contribution < -0.4 is 5.73 Å². The maximum absolute atomic E-state index is 14.0. The monoisotopic (exact) mass is 300 g/mol. The third-order valence-corrected chi connectivity index (χ3v) is 4.60. The van der Waals surface area contributed by atoms with Crippen LogP contribution in [0.25, 0.3) is 0 Å². The first-order valence-electron chi connectivity index (χ1n) is 7.50. The van der Waals surface area contributed by atoms with Crippen molar-refractivity contribution >= 4 is 0 Å². The quantitative estimate of drug-likeness (QED) is 0.861. The summed E-state index contributed by atoms with van der Waals surface area (Å²) in [7, 11) is 1.89. The Kier molecular flexibility index (Phi) is 5.27. The highest BCUT2D eigenvalue weighted by atomic mass is 19.2. The topological polar surface area (TPSA) is 29.3 Å². The second-order valence-corrected chi connectivity index (χ2v) is 6.13. The van der Waals surface area contributed by atoms with Crippen LogP contribution in [0.1, 0.15) is 44.2 Å². The van der Waals surface area contributed by atoms with Crippen LogP contribution in [0.3, 0.4) is 0 Å². The molecule has 0 aliphatic heterocycles. The van der Waals surface area contributed by atoms with Crippen molar-refractivity contribution in [1.82, 2.24) is 4.90 Å². The molecular weight excluding hydrogens is 277 g/mol. The number of nitrogens with zero attached hydrogens (tertiary/aromatic N) is 1. The molecule has 1 aliphatic rings. The first-order chi connectivity index (χ1) is 9.93. The average molecular weight is 300 g/mol. The lowest BCUT2D eigenvalue weighted by Gasteiger charge is -2.39. The zero-order valence-electron chi connectivity index (χ0n) is 12.6. The van der Waals surface area contributed by atoms with E-state index in [1.165, 1.54) is 6.42 Å². The van der Waals surface area contributed by atoms with Crippen LogP contribution in [0.4, 0.5) is 13.2 Å². The lowest BCUT2D eigenvalue weighted by atomic mass is 9.85. The molecule has 2 N–H and O–H groups in total. The largest absolute Gasteiger partial charge is 0.329 e. The number of halogens is 3. The summed E-state index contributed by atoms with van der Waals surface area (Å²) in [6.45, 7) is 2.37. The molecule has 1 saturated carbocycles. The first-order valence-corrected chi connectivity index (χ1v) is 7.50. The third kappa shape index (κ3) is 3.58. The summed E-state index contributed by atoms with van der Waals surface area (Å²) >= 11 is 0. The molecule has 1 aliphatic carbocycles. The van der Waals surface area contributed by atoms with E-state index in [9.17, 15) is 13.2 Å². The van der Waals surface area contributed by atoms with E-state index < -0.39 is 23.5 Å². The smallest absolute Gasteiger partial charge is 0.161 e. The molecule has 0 amide bonds. The number of hydrogen-bond donors (Lipinski definition) is 1. The number of benzene rings is 1. The second kappa shape index (κ2) is 6.79. The minimum absolute atomic E-state index is 0.136. The third-order valence-electron chi connectivity index (χ3n) is 4.60. The van der Waals surface area contributed by atoms with Gasteiger partial charge < -0.3 is 5.73 Å². The van der Waals surface area contributed by atoms with Crippen LogP contribution in [0, 0.1) is 23.4 Å². The van der Waals surface area contributed by atoms with Crippen molar-refractivity contribution in [3.05, 3.63) is 35.1 Å². The van der Waals surface area contributed by atoms with Gasteiger partial charge in [-0.1, -0.05) is 19.8 Å². The van der Waals surface area contributed by atoms with Gasteiger partial charge in [0, 0.05) is 30.3 Å². The van der Waals surface area contributed by atoms with Crippen molar-refractivity contribution < 1.29 is 13.2 Å². The number of hydrogen-bond acceptors (Lipinski definition) is 2. The van der Waals surface area contributed by atoms with Gasteiger partial charge in [-0.2, -0.15) is 0 Å². The Hall–Kier alpha value is -1.07. The maximum Gasteiger partial charge on any atom is 0.161 e. The van der Waals surface area contributed by atoms with Crippen LogP contribution in [-0.4, -0.2) is 24.5 Å². The summed E-state index contributed by atoms with van der Waals surface area (Å²) in [6.07, 6.45) is 4.39. The van der Waals surface area contributed by atoms with Crippen LogP contribution in [0.5, 0.6) is 0 Å². The molecule has 3 unspecified atom stereocenters. The Morgan fingerprint density at radius 3 is 2.48 bits per heavy atom. The zero-order valence-corrected chi connectivity index (χ0v) is 12.6. The lowest BCUT2D eigenvalue weighted by Crippen LogP contribution is -2.41. The fraction of sp³-hybridized carbons (Fsp3) is 0.625. The molecule has 1 fully saturated rings. The van der Waals surface area contributed by atoms with Gasteiger partial charge in [0.15, 0.2) is 11.6 Å². The second-order valence-electron chi connectivity index (χ2n) is 6.13. The molecule has 2 nitrogen and oxygen atoms in total. The van der Waals surface area contributed by atoms with E-state index in [2.05, 4.69) is 6.92 Å². The van der Waals surface area contributed by atoms with Gasteiger partial charge in [-0.15, -0.1) is 0 Å². The number of nitrogens with two attached hydrogens (primary N) is 1. The molecule has 0 bridgehead atoms. The first kappa shape index (κ1) is 16.3. The summed E-state index contributed by atoms with van der Waals surface area (Å²) < 4.78 is 40.5. The molecular formula is C16H23F3N2. The van der Waals surface area contributed by atoms with Gasteiger partial charge in [-0.05, 0) is 31.9 Å². The Balaban J connectivity index is 2.24.